The Morgan fingerprint density at radius 3 is 1.50 bits per heavy atom. The van der Waals surface area contributed by atoms with Crippen molar-refractivity contribution in [3.05, 3.63) is 73.9 Å². The molecule has 74 valence electrons. The largest absolute Gasteiger partial charge is 0.321 e. The molecule has 0 aliphatic carbocycles. The molecule has 0 spiro atoms. The van der Waals surface area contributed by atoms with E-state index in [0.717, 1.165) is 0 Å². The molecule has 1 nitrogen and oxygen atoms in total. The van der Waals surface area contributed by atoms with Gasteiger partial charge in [-0.1, -0.05) is 73.9 Å². The third-order valence-electron chi connectivity index (χ3n) is 1.38. The second kappa shape index (κ2) is 9.49. The summed E-state index contributed by atoms with van der Waals surface area (Å²) in [7, 11) is 0. The van der Waals surface area contributed by atoms with Crippen molar-refractivity contribution in [1.82, 2.24) is 0 Å². The van der Waals surface area contributed by atoms with Crippen LogP contribution in [0.3, 0.4) is 0 Å². The van der Waals surface area contributed by atoms with Crippen LogP contribution in [0.15, 0.2) is 73.9 Å². The summed E-state index contributed by atoms with van der Waals surface area (Å²) >= 11 is 0. The molecular weight excluding hydrogens is 170 g/mol. The molecule has 0 unspecified atom stereocenters. The molecule has 2 N–H and O–H groups in total. The minimum Gasteiger partial charge on any atom is -0.321 e. The maximum Gasteiger partial charge on any atom is 0.0416 e. The molecule has 0 bridgehead atoms. The Morgan fingerprint density at radius 2 is 1.14 bits per heavy atom. The van der Waals surface area contributed by atoms with E-state index in [0.29, 0.717) is 0 Å². The Bertz CT molecular complexity index is 239. The Hall–Kier alpha value is -1.60. The molecule has 0 rings (SSSR count). The number of rotatable bonds is 6. The maximum absolute atomic E-state index is 5.75. The SMILES string of the molecule is C=C/C=C\C=C/C(N)/C=C\C=C/C=C. The van der Waals surface area contributed by atoms with E-state index in [1.165, 1.54) is 0 Å². The molecule has 0 aromatic heterocycles. The van der Waals surface area contributed by atoms with Crippen molar-refractivity contribution in [2.45, 2.75) is 6.04 Å². The molecule has 0 saturated heterocycles. The summed E-state index contributed by atoms with van der Waals surface area (Å²) in [6.45, 7) is 7.13. The molecule has 0 radical (unpaired) electrons. The normalized spacial score (nSPS) is 12.7. The van der Waals surface area contributed by atoms with Crippen LogP contribution in [-0.2, 0) is 0 Å². The molecule has 0 aromatic rings. The standard InChI is InChI=1S/C13H17N/c1-3-5-7-9-11-13(14)12-10-8-6-4-2/h3-13H,1-2,14H2/b7-5-,8-6-,11-9-,12-10-. The molecule has 0 atom stereocenters. The van der Waals surface area contributed by atoms with Crippen molar-refractivity contribution in [3.8, 4) is 0 Å². The zero-order chi connectivity index (χ0) is 10.6. The van der Waals surface area contributed by atoms with Crippen molar-refractivity contribution in [3.63, 3.8) is 0 Å². The minimum atomic E-state index is -0.0565. The van der Waals surface area contributed by atoms with Crippen LogP contribution in [0.2, 0.25) is 0 Å². The summed E-state index contributed by atoms with van der Waals surface area (Å²) in [4.78, 5) is 0. The highest BCUT2D eigenvalue weighted by atomic mass is 14.6. The first-order valence-corrected chi connectivity index (χ1v) is 4.48. The van der Waals surface area contributed by atoms with Gasteiger partial charge in [-0.2, -0.15) is 0 Å². The third-order valence-corrected chi connectivity index (χ3v) is 1.38. The van der Waals surface area contributed by atoms with Crippen molar-refractivity contribution in [1.29, 1.82) is 0 Å². The third kappa shape index (κ3) is 8.50. The highest BCUT2D eigenvalue weighted by Gasteiger charge is 1.84. The van der Waals surface area contributed by atoms with E-state index >= 15 is 0 Å². The van der Waals surface area contributed by atoms with Gasteiger partial charge in [0, 0.05) is 6.04 Å². The van der Waals surface area contributed by atoms with E-state index in [2.05, 4.69) is 13.2 Å². The van der Waals surface area contributed by atoms with Gasteiger partial charge < -0.3 is 5.73 Å². The quantitative estimate of drug-likeness (QED) is 0.636. The molecule has 14 heavy (non-hydrogen) atoms. The molecule has 0 aliphatic rings. The van der Waals surface area contributed by atoms with Crippen molar-refractivity contribution < 1.29 is 0 Å². The van der Waals surface area contributed by atoms with Crippen LogP contribution in [0.4, 0.5) is 0 Å². The van der Waals surface area contributed by atoms with Gasteiger partial charge in [-0.3, -0.25) is 0 Å². The second-order valence-corrected chi connectivity index (χ2v) is 2.59. The lowest BCUT2D eigenvalue weighted by molar-refractivity contribution is 1.03. The highest BCUT2D eigenvalue weighted by Crippen LogP contribution is 1.88. The minimum absolute atomic E-state index is 0.0565. The molecule has 1 heteroatoms. The summed E-state index contributed by atoms with van der Waals surface area (Å²) in [6.07, 6.45) is 18.5. The predicted molar refractivity (Wildman–Crippen MR) is 64.9 cm³/mol. The Labute approximate surface area is 86.3 Å². The van der Waals surface area contributed by atoms with Gasteiger partial charge in [0.15, 0.2) is 0 Å². The fraction of sp³-hybridized carbons (Fsp3) is 0.0769. The lowest BCUT2D eigenvalue weighted by Crippen LogP contribution is -2.12. The van der Waals surface area contributed by atoms with Crippen LogP contribution in [0, 0.1) is 0 Å². The first-order valence-electron chi connectivity index (χ1n) is 4.48. The summed E-state index contributed by atoms with van der Waals surface area (Å²) in [6, 6.07) is -0.0565. The Balaban J connectivity index is 3.90. The molecule has 0 aliphatic heterocycles. The predicted octanol–water partition coefficient (Wildman–Crippen LogP) is 2.91. The topological polar surface area (TPSA) is 26.0 Å². The van der Waals surface area contributed by atoms with Crippen LogP contribution >= 0.6 is 0 Å². The van der Waals surface area contributed by atoms with Gasteiger partial charge in [-0.15, -0.1) is 0 Å². The van der Waals surface area contributed by atoms with Gasteiger partial charge in [0.2, 0.25) is 0 Å². The smallest absolute Gasteiger partial charge is 0.0416 e. The zero-order valence-corrected chi connectivity index (χ0v) is 8.34. The van der Waals surface area contributed by atoms with Crippen molar-refractivity contribution in [2.24, 2.45) is 5.73 Å². The Morgan fingerprint density at radius 1 is 0.714 bits per heavy atom. The lowest BCUT2D eigenvalue weighted by Gasteiger charge is -1.94. The van der Waals surface area contributed by atoms with Gasteiger partial charge in [0.05, 0.1) is 0 Å². The summed E-state index contributed by atoms with van der Waals surface area (Å²) in [5.41, 5.74) is 5.75. The molecule has 0 fully saturated rings. The van der Waals surface area contributed by atoms with E-state index in [-0.39, 0.29) is 6.04 Å². The highest BCUT2D eigenvalue weighted by molar-refractivity contribution is 5.17. The first-order chi connectivity index (χ1) is 6.81. The number of nitrogens with two attached hydrogens (primary N) is 1. The van der Waals surface area contributed by atoms with E-state index in [4.69, 9.17) is 5.73 Å². The monoisotopic (exact) mass is 187 g/mol. The average molecular weight is 187 g/mol. The van der Waals surface area contributed by atoms with Gasteiger partial charge in [-0.05, 0) is 0 Å². The second-order valence-electron chi connectivity index (χ2n) is 2.59. The van der Waals surface area contributed by atoms with Crippen LogP contribution < -0.4 is 5.73 Å². The van der Waals surface area contributed by atoms with Gasteiger partial charge in [0.1, 0.15) is 0 Å². The molecule has 0 amide bonds. The lowest BCUT2D eigenvalue weighted by atomic mass is 10.2. The van der Waals surface area contributed by atoms with Crippen LogP contribution in [0.1, 0.15) is 0 Å². The number of allylic oxidation sites excluding steroid dienone is 8. The van der Waals surface area contributed by atoms with Gasteiger partial charge in [-0.25, -0.2) is 0 Å². The Kier molecular flexibility index (Phi) is 8.40. The van der Waals surface area contributed by atoms with Crippen LogP contribution in [0.25, 0.3) is 0 Å². The average Bonchev–Trinajstić information content (AvgIpc) is 2.19. The summed E-state index contributed by atoms with van der Waals surface area (Å²) in [5, 5.41) is 0. The zero-order valence-electron chi connectivity index (χ0n) is 8.34. The van der Waals surface area contributed by atoms with E-state index in [1.54, 1.807) is 12.2 Å². The fourth-order valence-corrected chi connectivity index (χ4v) is 0.734. The molecular formula is C13H17N. The van der Waals surface area contributed by atoms with Crippen LogP contribution in [0.5, 0.6) is 0 Å². The van der Waals surface area contributed by atoms with E-state index < -0.39 is 0 Å². The van der Waals surface area contributed by atoms with Crippen LogP contribution in [-0.4, -0.2) is 6.04 Å². The number of hydrogen-bond donors (Lipinski definition) is 1. The fourth-order valence-electron chi connectivity index (χ4n) is 0.734. The summed E-state index contributed by atoms with van der Waals surface area (Å²) in [5.74, 6) is 0. The van der Waals surface area contributed by atoms with E-state index in [9.17, 15) is 0 Å². The van der Waals surface area contributed by atoms with Gasteiger partial charge in [0.25, 0.3) is 0 Å². The maximum atomic E-state index is 5.75. The van der Waals surface area contributed by atoms with E-state index in [1.807, 2.05) is 48.6 Å². The molecule has 0 heterocycles. The molecule has 0 saturated carbocycles. The first kappa shape index (κ1) is 12.4. The van der Waals surface area contributed by atoms with Crippen molar-refractivity contribution >= 4 is 0 Å². The number of hydrogen-bond acceptors (Lipinski definition) is 1. The molecule has 0 aromatic carbocycles. The summed E-state index contributed by atoms with van der Waals surface area (Å²) < 4.78 is 0. The van der Waals surface area contributed by atoms with Crippen molar-refractivity contribution in [2.75, 3.05) is 0 Å². The van der Waals surface area contributed by atoms with Gasteiger partial charge >= 0.3 is 0 Å².